The first-order valence-corrected chi connectivity index (χ1v) is 8.91. The molecule has 2 aromatic carbocycles. The number of ether oxygens (including phenoxy) is 2. The van der Waals surface area contributed by atoms with Gasteiger partial charge in [0.15, 0.2) is 11.5 Å². The van der Waals surface area contributed by atoms with Gasteiger partial charge in [0, 0.05) is 24.7 Å². The second-order valence-corrected chi connectivity index (χ2v) is 6.21. The minimum absolute atomic E-state index is 0.121. The summed E-state index contributed by atoms with van der Waals surface area (Å²) in [6.07, 6.45) is 2.11. The van der Waals surface area contributed by atoms with Crippen molar-refractivity contribution < 1.29 is 14.3 Å². The Kier molecular flexibility index (Phi) is 7.96. The number of hydrogen-bond donors (Lipinski definition) is 2. The van der Waals surface area contributed by atoms with Gasteiger partial charge in [-0.1, -0.05) is 30.3 Å². The smallest absolute Gasteiger partial charge is 0.251 e. The summed E-state index contributed by atoms with van der Waals surface area (Å²) >= 11 is 0. The molecule has 1 atom stereocenters. The molecule has 2 aromatic rings. The van der Waals surface area contributed by atoms with Crippen LogP contribution >= 0.6 is 0 Å². The Hall–Kier alpha value is -2.53. The van der Waals surface area contributed by atoms with E-state index in [0.29, 0.717) is 29.6 Å². The van der Waals surface area contributed by atoms with Crippen molar-refractivity contribution in [3.05, 3.63) is 59.7 Å². The number of carbonyl (C=O) groups is 1. The van der Waals surface area contributed by atoms with Gasteiger partial charge in [0.25, 0.3) is 5.91 Å². The molecule has 0 aliphatic carbocycles. The average molecular weight is 356 g/mol. The number of nitrogens with one attached hydrogen (secondary N) is 2. The van der Waals surface area contributed by atoms with Crippen LogP contribution in [0.4, 0.5) is 0 Å². The predicted molar refractivity (Wildman–Crippen MR) is 104 cm³/mol. The molecule has 0 aliphatic heterocycles. The van der Waals surface area contributed by atoms with E-state index in [1.165, 1.54) is 5.56 Å². The van der Waals surface area contributed by atoms with Crippen molar-refractivity contribution in [3.63, 3.8) is 0 Å². The summed E-state index contributed by atoms with van der Waals surface area (Å²) in [5.41, 5.74) is 1.91. The summed E-state index contributed by atoms with van der Waals surface area (Å²) in [6.45, 7) is 3.47. The number of methoxy groups -OCH3 is 2. The van der Waals surface area contributed by atoms with E-state index in [0.717, 1.165) is 19.4 Å². The fraction of sp³-hybridized carbons (Fsp3) is 0.381. The summed E-state index contributed by atoms with van der Waals surface area (Å²) in [4.78, 5) is 12.2. The van der Waals surface area contributed by atoms with Gasteiger partial charge in [-0.3, -0.25) is 4.79 Å². The topological polar surface area (TPSA) is 59.6 Å². The molecule has 0 radical (unpaired) electrons. The molecule has 5 heteroatoms. The van der Waals surface area contributed by atoms with Crippen molar-refractivity contribution in [2.75, 3.05) is 27.3 Å². The fourth-order valence-corrected chi connectivity index (χ4v) is 2.70. The molecule has 26 heavy (non-hydrogen) atoms. The molecule has 140 valence electrons. The van der Waals surface area contributed by atoms with Crippen molar-refractivity contribution in [2.45, 2.75) is 25.8 Å². The first-order chi connectivity index (χ1) is 12.6. The summed E-state index contributed by atoms with van der Waals surface area (Å²) in [5, 5.41) is 6.36. The number of carbonyl (C=O) groups excluding carboxylic acids is 1. The zero-order valence-electron chi connectivity index (χ0n) is 15.7. The van der Waals surface area contributed by atoms with Crippen LogP contribution in [0.25, 0.3) is 0 Å². The lowest BCUT2D eigenvalue weighted by Gasteiger charge is -2.14. The van der Waals surface area contributed by atoms with Crippen molar-refractivity contribution in [2.24, 2.45) is 0 Å². The highest BCUT2D eigenvalue weighted by molar-refractivity contribution is 5.94. The van der Waals surface area contributed by atoms with Gasteiger partial charge >= 0.3 is 0 Å². The quantitative estimate of drug-likeness (QED) is 0.643. The molecule has 0 fully saturated rings. The van der Waals surface area contributed by atoms with E-state index < -0.39 is 0 Å². The largest absolute Gasteiger partial charge is 0.493 e. The van der Waals surface area contributed by atoms with Crippen LogP contribution in [0.15, 0.2) is 48.5 Å². The van der Waals surface area contributed by atoms with Crippen LogP contribution in [-0.4, -0.2) is 39.3 Å². The van der Waals surface area contributed by atoms with Gasteiger partial charge in [0.05, 0.1) is 14.2 Å². The van der Waals surface area contributed by atoms with Gasteiger partial charge in [-0.25, -0.2) is 0 Å². The Morgan fingerprint density at radius 3 is 2.42 bits per heavy atom. The summed E-state index contributed by atoms with van der Waals surface area (Å²) in [5.74, 6) is 1.04. The molecule has 1 amide bonds. The Morgan fingerprint density at radius 1 is 1.00 bits per heavy atom. The van der Waals surface area contributed by atoms with Gasteiger partial charge in [-0.15, -0.1) is 0 Å². The van der Waals surface area contributed by atoms with E-state index in [4.69, 9.17) is 9.47 Å². The SMILES string of the molecule is COc1ccc(C(=O)NCCNC(C)CCc2ccccc2)cc1OC. The molecule has 0 bridgehead atoms. The number of amides is 1. The highest BCUT2D eigenvalue weighted by atomic mass is 16.5. The minimum atomic E-state index is -0.121. The molecule has 2 N–H and O–H groups in total. The molecular weight excluding hydrogens is 328 g/mol. The fourth-order valence-electron chi connectivity index (χ4n) is 2.70. The molecule has 0 aromatic heterocycles. The Balaban J connectivity index is 1.69. The molecule has 0 aliphatic rings. The maximum atomic E-state index is 12.2. The molecule has 0 spiro atoms. The van der Waals surface area contributed by atoms with E-state index in [2.05, 4.69) is 41.8 Å². The van der Waals surface area contributed by atoms with Crippen LogP contribution in [0.2, 0.25) is 0 Å². The third-order valence-corrected chi connectivity index (χ3v) is 4.26. The number of aryl methyl sites for hydroxylation is 1. The molecule has 1 unspecified atom stereocenters. The van der Waals surface area contributed by atoms with Crippen LogP contribution in [-0.2, 0) is 6.42 Å². The molecule has 0 saturated carbocycles. The zero-order valence-corrected chi connectivity index (χ0v) is 15.7. The van der Waals surface area contributed by atoms with Crippen molar-refractivity contribution in [1.82, 2.24) is 10.6 Å². The third-order valence-electron chi connectivity index (χ3n) is 4.26. The van der Waals surface area contributed by atoms with Crippen LogP contribution < -0.4 is 20.1 Å². The molecule has 0 saturated heterocycles. The third kappa shape index (κ3) is 6.08. The highest BCUT2D eigenvalue weighted by Gasteiger charge is 2.10. The monoisotopic (exact) mass is 356 g/mol. The van der Waals surface area contributed by atoms with Crippen molar-refractivity contribution >= 4 is 5.91 Å². The van der Waals surface area contributed by atoms with Crippen LogP contribution in [0.5, 0.6) is 11.5 Å². The second-order valence-electron chi connectivity index (χ2n) is 6.21. The maximum absolute atomic E-state index is 12.2. The maximum Gasteiger partial charge on any atom is 0.251 e. The van der Waals surface area contributed by atoms with Gasteiger partial charge < -0.3 is 20.1 Å². The van der Waals surface area contributed by atoms with E-state index in [1.54, 1.807) is 32.4 Å². The molecule has 5 nitrogen and oxygen atoms in total. The van der Waals surface area contributed by atoms with Gasteiger partial charge in [0.2, 0.25) is 0 Å². The van der Waals surface area contributed by atoms with Gasteiger partial charge in [0.1, 0.15) is 0 Å². The molecular formula is C21H28N2O3. The lowest BCUT2D eigenvalue weighted by Crippen LogP contribution is -2.36. The second kappa shape index (κ2) is 10.5. The average Bonchev–Trinajstić information content (AvgIpc) is 2.69. The Morgan fingerprint density at radius 2 is 1.73 bits per heavy atom. The first kappa shape index (κ1) is 19.8. The normalized spacial score (nSPS) is 11.7. The highest BCUT2D eigenvalue weighted by Crippen LogP contribution is 2.27. The number of rotatable bonds is 10. The molecule has 2 rings (SSSR count). The number of benzene rings is 2. The summed E-state index contributed by atoms with van der Waals surface area (Å²) < 4.78 is 10.4. The van der Waals surface area contributed by atoms with Gasteiger partial charge in [-0.05, 0) is 43.5 Å². The van der Waals surface area contributed by atoms with Gasteiger partial charge in [-0.2, -0.15) is 0 Å². The summed E-state index contributed by atoms with van der Waals surface area (Å²) in [7, 11) is 3.13. The lowest BCUT2D eigenvalue weighted by molar-refractivity contribution is 0.0953. The van der Waals surface area contributed by atoms with Crippen molar-refractivity contribution in [1.29, 1.82) is 0 Å². The predicted octanol–water partition coefficient (Wildman–Crippen LogP) is 3.04. The van der Waals surface area contributed by atoms with E-state index in [-0.39, 0.29) is 5.91 Å². The van der Waals surface area contributed by atoms with E-state index in [9.17, 15) is 4.79 Å². The standard InChI is InChI=1S/C21H28N2O3/c1-16(9-10-17-7-5-4-6-8-17)22-13-14-23-21(24)18-11-12-19(25-2)20(15-18)26-3/h4-8,11-12,15-16,22H,9-10,13-14H2,1-3H3,(H,23,24). The minimum Gasteiger partial charge on any atom is -0.493 e. The number of hydrogen-bond acceptors (Lipinski definition) is 4. The zero-order chi connectivity index (χ0) is 18.8. The van der Waals surface area contributed by atoms with Crippen LogP contribution in [0.1, 0.15) is 29.3 Å². The summed E-state index contributed by atoms with van der Waals surface area (Å²) in [6, 6.07) is 16.0. The van der Waals surface area contributed by atoms with Crippen LogP contribution in [0.3, 0.4) is 0 Å². The van der Waals surface area contributed by atoms with Crippen LogP contribution in [0, 0.1) is 0 Å². The van der Waals surface area contributed by atoms with E-state index in [1.807, 2.05) is 6.07 Å². The van der Waals surface area contributed by atoms with E-state index >= 15 is 0 Å². The van der Waals surface area contributed by atoms with Crippen molar-refractivity contribution in [3.8, 4) is 11.5 Å². The lowest BCUT2D eigenvalue weighted by atomic mass is 10.1. The molecule has 0 heterocycles. The Bertz CT molecular complexity index is 689. The first-order valence-electron chi connectivity index (χ1n) is 8.91. The Labute approximate surface area is 155 Å².